The van der Waals surface area contributed by atoms with E-state index in [0.717, 1.165) is 24.4 Å². The fourth-order valence-corrected chi connectivity index (χ4v) is 4.21. The van der Waals surface area contributed by atoms with Crippen LogP contribution in [0.4, 0.5) is 0 Å². The van der Waals surface area contributed by atoms with Crippen LogP contribution in [0.25, 0.3) is 0 Å². The maximum Gasteiger partial charge on any atom is 0.0337 e. The molecule has 2 fully saturated rings. The number of rotatable bonds is 4. The summed E-state index contributed by atoms with van der Waals surface area (Å²) in [4.78, 5) is 0. The number of nitrogens with two attached hydrogens (primary N) is 1. The van der Waals surface area contributed by atoms with E-state index in [0.29, 0.717) is 0 Å². The molecule has 0 saturated heterocycles. The van der Waals surface area contributed by atoms with Gasteiger partial charge in [-0.15, -0.1) is 0 Å². The molecule has 0 amide bonds. The molecule has 2 rings (SSSR count). The first-order valence-corrected chi connectivity index (χ1v) is 7.66. The van der Waals surface area contributed by atoms with E-state index in [-0.39, 0.29) is 5.54 Å². The highest BCUT2D eigenvalue weighted by Gasteiger charge is 2.42. The Kier molecular flexibility index (Phi) is 4.48. The summed E-state index contributed by atoms with van der Waals surface area (Å²) >= 11 is 0. The van der Waals surface area contributed by atoms with E-state index in [4.69, 9.17) is 5.73 Å². The normalized spacial score (nSPS) is 35.6. The third kappa shape index (κ3) is 2.85. The van der Waals surface area contributed by atoms with Gasteiger partial charge >= 0.3 is 0 Å². The quantitative estimate of drug-likeness (QED) is 0.790. The van der Waals surface area contributed by atoms with Crippen molar-refractivity contribution in [3.8, 4) is 0 Å². The first-order valence-electron chi connectivity index (χ1n) is 7.66. The van der Waals surface area contributed by atoms with Gasteiger partial charge < -0.3 is 11.1 Å². The molecule has 0 heterocycles. The van der Waals surface area contributed by atoms with E-state index >= 15 is 0 Å². The molecule has 0 radical (unpaired) electrons. The van der Waals surface area contributed by atoms with Crippen molar-refractivity contribution in [2.75, 3.05) is 6.54 Å². The molecule has 0 spiro atoms. The van der Waals surface area contributed by atoms with Gasteiger partial charge in [0.2, 0.25) is 0 Å². The third-order valence-electron chi connectivity index (χ3n) is 5.11. The van der Waals surface area contributed by atoms with Crippen molar-refractivity contribution in [3.05, 3.63) is 0 Å². The van der Waals surface area contributed by atoms with Gasteiger partial charge in [0.15, 0.2) is 0 Å². The Labute approximate surface area is 107 Å². The van der Waals surface area contributed by atoms with Gasteiger partial charge in [-0.2, -0.15) is 0 Å². The lowest BCUT2D eigenvalue weighted by atomic mass is 9.67. The summed E-state index contributed by atoms with van der Waals surface area (Å²) in [5.74, 6) is 1.54. The van der Waals surface area contributed by atoms with Crippen LogP contribution < -0.4 is 11.1 Å². The molecule has 0 aromatic carbocycles. The summed E-state index contributed by atoms with van der Waals surface area (Å²) in [6, 6.07) is 0.748. The molecule has 17 heavy (non-hydrogen) atoms. The lowest BCUT2D eigenvalue weighted by molar-refractivity contribution is 0.0961. The molecule has 0 aromatic rings. The molecule has 2 nitrogen and oxygen atoms in total. The SMILES string of the molecule is CC(C)C1CCCCC1(CN)NC1CCCC1. The molecule has 2 atom stereocenters. The molecule has 2 aliphatic carbocycles. The second-order valence-electron chi connectivity index (χ2n) is 6.58. The fraction of sp³-hybridized carbons (Fsp3) is 1.00. The topological polar surface area (TPSA) is 38.0 Å². The molecule has 2 unspecified atom stereocenters. The smallest absolute Gasteiger partial charge is 0.0337 e. The molecule has 2 saturated carbocycles. The molecule has 0 aromatic heterocycles. The lowest BCUT2D eigenvalue weighted by Crippen LogP contribution is -2.61. The van der Waals surface area contributed by atoms with Crippen LogP contribution in [-0.2, 0) is 0 Å². The van der Waals surface area contributed by atoms with Crippen LogP contribution in [0.2, 0.25) is 0 Å². The van der Waals surface area contributed by atoms with Crippen molar-refractivity contribution in [1.82, 2.24) is 5.32 Å². The Morgan fingerprint density at radius 3 is 2.35 bits per heavy atom. The van der Waals surface area contributed by atoms with E-state index in [2.05, 4.69) is 19.2 Å². The zero-order valence-corrected chi connectivity index (χ0v) is 11.7. The van der Waals surface area contributed by atoms with Gasteiger partial charge in [-0.05, 0) is 37.5 Å². The van der Waals surface area contributed by atoms with E-state index in [1.165, 1.54) is 51.4 Å². The van der Waals surface area contributed by atoms with Crippen LogP contribution in [0.3, 0.4) is 0 Å². The molecule has 2 aliphatic rings. The lowest BCUT2D eigenvalue weighted by Gasteiger charge is -2.48. The maximum absolute atomic E-state index is 6.18. The first-order chi connectivity index (χ1) is 8.18. The van der Waals surface area contributed by atoms with E-state index in [9.17, 15) is 0 Å². The van der Waals surface area contributed by atoms with Crippen molar-refractivity contribution in [2.24, 2.45) is 17.6 Å². The van der Waals surface area contributed by atoms with Crippen LogP contribution >= 0.6 is 0 Å². The third-order valence-corrected chi connectivity index (χ3v) is 5.11. The highest BCUT2D eigenvalue weighted by atomic mass is 15.0. The minimum atomic E-state index is 0.251. The average molecular weight is 238 g/mol. The van der Waals surface area contributed by atoms with Gasteiger partial charge in [-0.25, -0.2) is 0 Å². The Bertz CT molecular complexity index is 233. The Morgan fingerprint density at radius 1 is 1.12 bits per heavy atom. The average Bonchev–Trinajstić information content (AvgIpc) is 2.82. The number of nitrogens with one attached hydrogen (secondary N) is 1. The predicted octanol–water partition coefficient (Wildman–Crippen LogP) is 3.06. The zero-order valence-electron chi connectivity index (χ0n) is 11.7. The van der Waals surface area contributed by atoms with E-state index in [1.807, 2.05) is 0 Å². The van der Waals surface area contributed by atoms with Gasteiger partial charge in [-0.3, -0.25) is 0 Å². The number of hydrogen-bond donors (Lipinski definition) is 2. The standard InChI is InChI=1S/C15H30N2/c1-12(2)14-9-5-6-10-15(14,11-16)17-13-7-3-4-8-13/h12-14,17H,3-11,16H2,1-2H3. The van der Waals surface area contributed by atoms with Crippen LogP contribution in [0, 0.1) is 11.8 Å². The van der Waals surface area contributed by atoms with Gasteiger partial charge in [0, 0.05) is 18.1 Å². The Morgan fingerprint density at radius 2 is 1.76 bits per heavy atom. The molecular weight excluding hydrogens is 208 g/mol. The highest BCUT2D eigenvalue weighted by Crippen LogP contribution is 2.39. The summed E-state index contributed by atoms with van der Waals surface area (Å²) in [5, 5.41) is 3.99. The largest absolute Gasteiger partial charge is 0.329 e. The second kappa shape index (κ2) is 5.71. The van der Waals surface area contributed by atoms with E-state index in [1.54, 1.807) is 0 Å². The summed E-state index contributed by atoms with van der Waals surface area (Å²) in [7, 11) is 0. The summed E-state index contributed by atoms with van der Waals surface area (Å²) in [5.41, 5.74) is 6.43. The Hall–Kier alpha value is -0.0800. The highest BCUT2D eigenvalue weighted by molar-refractivity contribution is 5.01. The van der Waals surface area contributed by atoms with E-state index < -0.39 is 0 Å². The maximum atomic E-state index is 6.18. The molecule has 0 bridgehead atoms. The summed E-state index contributed by atoms with van der Waals surface area (Å²) in [6.45, 7) is 5.57. The molecule has 3 N–H and O–H groups in total. The van der Waals surface area contributed by atoms with Gasteiger partial charge in [0.05, 0.1) is 0 Å². The van der Waals surface area contributed by atoms with Crippen LogP contribution in [0.1, 0.15) is 65.2 Å². The van der Waals surface area contributed by atoms with Gasteiger partial charge in [-0.1, -0.05) is 39.5 Å². The first kappa shape index (κ1) is 13.4. The van der Waals surface area contributed by atoms with Crippen LogP contribution in [0.5, 0.6) is 0 Å². The summed E-state index contributed by atoms with van der Waals surface area (Å²) in [6.07, 6.45) is 11.0. The number of hydrogen-bond acceptors (Lipinski definition) is 2. The monoisotopic (exact) mass is 238 g/mol. The minimum absolute atomic E-state index is 0.251. The predicted molar refractivity (Wildman–Crippen MR) is 74.0 cm³/mol. The molecule has 2 heteroatoms. The minimum Gasteiger partial charge on any atom is -0.329 e. The molecule has 0 aliphatic heterocycles. The fourth-order valence-electron chi connectivity index (χ4n) is 4.21. The van der Waals surface area contributed by atoms with Gasteiger partial charge in [0.25, 0.3) is 0 Å². The van der Waals surface area contributed by atoms with Crippen LogP contribution in [0.15, 0.2) is 0 Å². The van der Waals surface area contributed by atoms with Crippen LogP contribution in [-0.4, -0.2) is 18.1 Å². The van der Waals surface area contributed by atoms with Crippen molar-refractivity contribution in [3.63, 3.8) is 0 Å². The molecule has 100 valence electrons. The van der Waals surface area contributed by atoms with Crippen molar-refractivity contribution in [1.29, 1.82) is 0 Å². The zero-order chi connectivity index (χ0) is 12.3. The Balaban J connectivity index is 2.07. The summed E-state index contributed by atoms with van der Waals surface area (Å²) < 4.78 is 0. The van der Waals surface area contributed by atoms with Crippen molar-refractivity contribution < 1.29 is 0 Å². The van der Waals surface area contributed by atoms with Crippen molar-refractivity contribution in [2.45, 2.75) is 76.8 Å². The van der Waals surface area contributed by atoms with Gasteiger partial charge in [0.1, 0.15) is 0 Å². The van der Waals surface area contributed by atoms with Crippen molar-refractivity contribution >= 4 is 0 Å². The molecular formula is C15H30N2. The second-order valence-corrected chi connectivity index (χ2v) is 6.58.